The number of hydrogen-bond acceptors (Lipinski definition) is 6. The Kier molecular flexibility index (Phi) is 8.51. The number of thioether (sulfide) groups is 1. The molecule has 0 N–H and O–H groups in total. The third-order valence-electron chi connectivity index (χ3n) is 5.94. The van der Waals surface area contributed by atoms with Gasteiger partial charge in [-0.05, 0) is 66.9 Å². The van der Waals surface area contributed by atoms with E-state index in [1.807, 2.05) is 34.9 Å². The first kappa shape index (κ1) is 27.4. The fraction of sp³-hybridized carbons (Fsp3) is 0.286. The zero-order valence-electron chi connectivity index (χ0n) is 21.2. The molecule has 0 aliphatic carbocycles. The molecule has 0 spiro atoms. The van der Waals surface area contributed by atoms with Crippen molar-refractivity contribution in [2.24, 2.45) is 0 Å². The summed E-state index contributed by atoms with van der Waals surface area (Å²) < 4.78 is 57.8. The second kappa shape index (κ2) is 11.8. The van der Waals surface area contributed by atoms with Crippen molar-refractivity contribution < 1.29 is 32.2 Å². The Hall–Kier alpha value is -3.66. The average Bonchev–Trinajstić information content (AvgIpc) is 3.27. The Morgan fingerprint density at radius 2 is 1.71 bits per heavy atom. The number of fused-ring (bicyclic) bond motifs is 1. The Morgan fingerprint density at radius 3 is 2.37 bits per heavy atom. The van der Waals surface area contributed by atoms with Gasteiger partial charge in [0.1, 0.15) is 11.5 Å². The van der Waals surface area contributed by atoms with E-state index < -0.39 is 17.7 Å². The summed E-state index contributed by atoms with van der Waals surface area (Å²) in [5.74, 6) is 0.380. The highest BCUT2D eigenvalue weighted by Crippen LogP contribution is 2.38. The van der Waals surface area contributed by atoms with Crippen LogP contribution in [0.4, 0.5) is 13.2 Å². The van der Waals surface area contributed by atoms with Gasteiger partial charge in [0, 0.05) is 12.3 Å². The Bertz CT molecular complexity index is 1420. The number of methoxy groups -OCH3 is 2. The molecule has 1 heterocycles. The molecule has 200 valence electrons. The molecule has 0 unspecified atom stereocenters. The maximum atomic E-state index is 13.5. The predicted octanol–water partition coefficient (Wildman–Crippen LogP) is 6.78. The molecule has 0 saturated heterocycles. The van der Waals surface area contributed by atoms with Crippen molar-refractivity contribution in [3.8, 4) is 11.5 Å². The summed E-state index contributed by atoms with van der Waals surface area (Å²) in [4.78, 5) is 17.0. The molecule has 4 aromatic rings. The Labute approximate surface area is 222 Å². The molecule has 0 saturated carbocycles. The van der Waals surface area contributed by atoms with E-state index in [4.69, 9.17) is 19.2 Å². The van der Waals surface area contributed by atoms with Gasteiger partial charge in [0.25, 0.3) is 0 Å². The van der Waals surface area contributed by atoms with Gasteiger partial charge in [0.15, 0.2) is 5.16 Å². The second-order valence-corrected chi connectivity index (χ2v) is 9.33. The summed E-state index contributed by atoms with van der Waals surface area (Å²) >= 11 is 1.33. The summed E-state index contributed by atoms with van der Waals surface area (Å²) in [5.41, 5.74) is 2.59. The standard InChI is InChI=1S/C28H27F3N2O4S/c1-4-37-26(34)20-8-11-24-23(16-20)32-27(33(24)14-13-18-5-9-21(35-2)10-6-18)38-17-19-7-12-25(36-3)22(15-19)28(29,30)31/h5-12,15-16H,4,13-14,17H2,1-3H3. The van der Waals surface area contributed by atoms with Crippen molar-refractivity contribution >= 4 is 28.8 Å². The summed E-state index contributed by atoms with van der Waals surface area (Å²) in [5, 5.41) is 0.638. The summed E-state index contributed by atoms with van der Waals surface area (Å²) in [6.45, 7) is 2.58. The van der Waals surface area contributed by atoms with Crippen LogP contribution in [0.15, 0.2) is 65.8 Å². The van der Waals surface area contributed by atoms with Crippen molar-refractivity contribution in [1.29, 1.82) is 0 Å². The number of halogens is 3. The van der Waals surface area contributed by atoms with Crippen molar-refractivity contribution in [3.05, 3.63) is 82.9 Å². The number of nitrogens with zero attached hydrogens (tertiary/aromatic N) is 2. The minimum absolute atomic E-state index is 0.218. The highest BCUT2D eigenvalue weighted by atomic mass is 32.2. The summed E-state index contributed by atoms with van der Waals surface area (Å²) in [6.07, 6.45) is -3.83. The van der Waals surface area contributed by atoms with Crippen molar-refractivity contribution in [2.45, 2.75) is 37.0 Å². The lowest BCUT2D eigenvalue weighted by Gasteiger charge is -2.14. The van der Waals surface area contributed by atoms with Crippen molar-refractivity contribution in [3.63, 3.8) is 0 Å². The minimum Gasteiger partial charge on any atom is -0.497 e. The van der Waals surface area contributed by atoms with Crippen LogP contribution in [0.25, 0.3) is 11.0 Å². The van der Waals surface area contributed by atoms with E-state index in [9.17, 15) is 18.0 Å². The van der Waals surface area contributed by atoms with Gasteiger partial charge in [0.05, 0.1) is 43.0 Å². The molecule has 0 radical (unpaired) electrons. The van der Waals surface area contributed by atoms with E-state index in [0.29, 0.717) is 34.8 Å². The van der Waals surface area contributed by atoms with E-state index in [-0.39, 0.29) is 18.1 Å². The maximum Gasteiger partial charge on any atom is 0.419 e. The van der Waals surface area contributed by atoms with Crippen molar-refractivity contribution in [2.75, 3.05) is 20.8 Å². The third kappa shape index (κ3) is 6.24. The highest BCUT2D eigenvalue weighted by molar-refractivity contribution is 7.98. The van der Waals surface area contributed by atoms with Gasteiger partial charge in [-0.3, -0.25) is 0 Å². The van der Waals surface area contributed by atoms with Crippen LogP contribution in [0.5, 0.6) is 11.5 Å². The number of benzene rings is 3. The van der Waals surface area contributed by atoms with E-state index in [1.54, 1.807) is 32.2 Å². The molecule has 3 aromatic carbocycles. The van der Waals surface area contributed by atoms with Gasteiger partial charge >= 0.3 is 12.1 Å². The highest BCUT2D eigenvalue weighted by Gasteiger charge is 2.34. The number of hydrogen-bond donors (Lipinski definition) is 0. The van der Waals surface area contributed by atoms with Gasteiger partial charge < -0.3 is 18.8 Å². The molecule has 4 rings (SSSR count). The second-order valence-electron chi connectivity index (χ2n) is 8.39. The summed E-state index contributed by atoms with van der Waals surface area (Å²) in [7, 11) is 2.83. The van der Waals surface area contributed by atoms with Gasteiger partial charge in [-0.15, -0.1) is 0 Å². The summed E-state index contributed by atoms with van der Waals surface area (Å²) in [6, 6.07) is 17.0. The Morgan fingerprint density at radius 1 is 0.974 bits per heavy atom. The number of imidazole rings is 1. The molecule has 1 aromatic heterocycles. The fourth-order valence-corrected chi connectivity index (χ4v) is 5.01. The maximum absolute atomic E-state index is 13.5. The van der Waals surface area contributed by atoms with E-state index in [1.165, 1.54) is 24.9 Å². The molecular weight excluding hydrogens is 517 g/mol. The fourth-order valence-electron chi connectivity index (χ4n) is 4.02. The normalized spacial score (nSPS) is 11.5. The lowest BCUT2D eigenvalue weighted by Crippen LogP contribution is -2.08. The lowest BCUT2D eigenvalue weighted by molar-refractivity contribution is -0.138. The molecule has 0 aliphatic heterocycles. The monoisotopic (exact) mass is 544 g/mol. The first-order chi connectivity index (χ1) is 18.2. The van der Waals surface area contributed by atoms with Gasteiger partial charge in [-0.25, -0.2) is 9.78 Å². The average molecular weight is 545 g/mol. The molecule has 0 bridgehead atoms. The largest absolute Gasteiger partial charge is 0.497 e. The molecular formula is C28H27F3N2O4S. The van der Waals surface area contributed by atoms with Crippen LogP contribution in [-0.4, -0.2) is 36.3 Å². The predicted molar refractivity (Wildman–Crippen MR) is 140 cm³/mol. The number of carbonyl (C=O) groups excluding carboxylic acids is 1. The van der Waals surface area contributed by atoms with Gasteiger partial charge in [0.2, 0.25) is 0 Å². The smallest absolute Gasteiger partial charge is 0.419 e. The first-order valence-electron chi connectivity index (χ1n) is 11.9. The van der Waals surface area contributed by atoms with Crippen LogP contribution in [-0.2, 0) is 29.6 Å². The molecule has 0 amide bonds. The van der Waals surface area contributed by atoms with E-state index >= 15 is 0 Å². The van der Waals surface area contributed by atoms with Crippen LogP contribution >= 0.6 is 11.8 Å². The third-order valence-corrected chi connectivity index (χ3v) is 6.99. The SMILES string of the molecule is CCOC(=O)c1ccc2c(c1)nc(SCc1ccc(OC)c(C(F)(F)F)c1)n2CCc1ccc(OC)cc1. The topological polar surface area (TPSA) is 62.6 Å². The van der Waals surface area contributed by atoms with E-state index in [2.05, 4.69) is 0 Å². The minimum atomic E-state index is -4.53. The number of alkyl halides is 3. The molecule has 0 fully saturated rings. The number of aryl methyl sites for hydroxylation is 2. The quantitative estimate of drug-likeness (QED) is 0.162. The number of aromatic nitrogens is 2. The number of carbonyl (C=O) groups is 1. The van der Waals surface area contributed by atoms with Crippen LogP contribution < -0.4 is 9.47 Å². The van der Waals surface area contributed by atoms with E-state index in [0.717, 1.165) is 22.9 Å². The molecule has 0 atom stereocenters. The molecule has 6 nitrogen and oxygen atoms in total. The zero-order chi connectivity index (χ0) is 27.3. The molecule has 10 heteroatoms. The number of rotatable bonds is 10. The van der Waals surface area contributed by atoms with Crippen LogP contribution in [0.2, 0.25) is 0 Å². The van der Waals surface area contributed by atoms with Crippen molar-refractivity contribution in [1.82, 2.24) is 9.55 Å². The number of esters is 1. The lowest BCUT2D eigenvalue weighted by atomic mass is 10.1. The first-order valence-corrected chi connectivity index (χ1v) is 12.9. The van der Waals surface area contributed by atoms with Crippen LogP contribution in [0.3, 0.4) is 0 Å². The number of ether oxygens (including phenoxy) is 3. The van der Waals surface area contributed by atoms with Crippen LogP contribution in [0.1, 0.15) is 34.0 Å². The Balaban J connectivity index is 1.64. The molecule has 0 aliphatic rings. The van der Waals surface area contributed by atoms with Gasteiger partial charge in [-0.2, -0.15) is 13.2 Å². The zero-order valence-corrected chi connectivity index (χ0v) is 22.0. The van der Waals surface area contributed by atoms with Gasteiger partial charge in [-0.1, -0.05) is 30.0 Å². The van der Waals surface area contributed by atoms with Crippen LogP contribution in [0, 0.1) is 0 Å². The molecule has 38 heavy (non-hydrogen) atoms.